The van der Waals surface area contributed by atoms with E-state index < -0.39 is 23.2 Å². The monoisotopic (exact) mass is 573 g/mol. The van der Waals surface area contributed by atoms with E-state index in [9.17, 15) is 19.5 Å². The summed E-state index contributed by atoms with van der Waals surface area (Å²) in [6, 6.07) is 15.9. The van der Waals surface area contributed by atoms with Gasteiger partial charge in [0.2, 0.25) is 0 Å². The number of carbonyl (C=O) groups is 2. The van der Waals surface area contributed by atoms with Gasteiger partial charge in [0.1, 0.15) is 22.5 Å². The number of phenolic OH excluding ortho intramolecular Hbond substituents is 1. The maximum Gasteiger partial charge on any atom is 0.407 e. The van der Waals surface area contributed by atoms with Gasteiger partial charge in [-0.15, -0.1) is 0 Å². The Morgan fingerprint density at radius 2 is 1.57 bits per heavy atom. The van der Waals surface area contributed by atoms with Crippen molar-refractivity contribution in [2.45, 2.75) is 52.4 Å². The third-order valence-electron chi connectivity index (χ3n) is 6.14. The Morgan fingerprint density at radius 3 is 2.17 bits per heavy atom. The summed E-state index contributed by atoms with van der Waals surface area (Å²) < 4.78 is 10.8. The van der Waals surface area contributed by atoms with Crippen LogP contribution in [-0.4, -0.2) is 50.7 Å². The molecule has 0 aliphatic carbocycles. The highest BCUT2D eigenvalue weighted by molar-refractivity contribution is 5.97. The average Bonchev–Trinajstić information content (AvgIpc) is 2.94. The molecule has 0 saturated carbocycles. The predicted molar refractivity (Wildman–Crippen MR) is 157 cm³/mol. The maximum absolute atomic E-state index is 12.9. The Bertz CT molecular complexity index is 1530. The minimum Gasteiger partial charge on any atom is -0.507 e. The lowest BCUT2D eigenvalue weighted by Crippen LogP contribution is -2.35. The molecule has 0 atom stereocenters. The third-order valence-corrected chi connectivity index (χ3v) is 6.14. The molecule has 0 bridgehead atoms. The molecule has 0 aliphatic rings. The summed E-state index contributed by atoms with van der Waals surface area (Å²) >= 11 is 0. The average molecular weight is 574 g/mol. The number of ether oxygens (including phenoxy) is 1. The number of carbonyl (C=O) groups excluding carboxylic acids is 2. The third kappa shape index (κ3) is 8.61. The fourth-order valence-electron chi connectivity index (χ4n) is 4.27. The van der Waals surface area contributed by atoms with Gasteiger partial charge in [0, 0.05) is 50.5 Å². The quantitative estimate of drug-likeness (QED) is 0.178. The Kier molecular flexibility index (Phi) is 9.87. The van der Waals surface area contributed by atoms with Crippen LogP contribution in [-0.2, 0) is 24.4 Å². The smallest absolute Gasteiger partial charge is 0.407 e. The van der Waals surface area contributed by atoms with Crippen molar-refractivity contribution in [2.24, 2.45) is 0 Å². The van der Waals surface area contributed by atoms with E-state index in [-0.39, 0.29) is 36.5 Å². The second-order valence-electron chi connectivity index (χ2n) is 10.8. The minimum atomic E-state index is -0.820. The number of benzene rings is 1. The molecule has 3 aromatic heterocycles. The first-order valence-corrected chi connectivity index (χ1v) is 13.6. The van der Waals surface area contributed by atoms with Crippen molar-refractivity contribution >= 4 is 23.0 Å². The number of fused-ring (bicyclic) bond motifs is 1. The van der Waals surface area contributed by atoms with Crippen LogP contribution < -0.4 is 16.3 Å². The number of aromatic nitrogens is 2. The topological polar surface area (TPSA) is 147 Å². The van der Waals surface area contributed by atoms with Crippen molar-refractivity contribution in [1.29, 1.82) is 0 Å². The molecule has 3 N–H and O–H groups in total. The summed E-state index contributed by atoms with van der Waals surface area (Å²) in [5.74, 6) is -0.628. The van der Waals surface area contributed by atoms with E-state index in [1.807, 2.05) is 41.3 Å². The molecule has 220 valence electrons. The lowest BCUT2D eigenvalue weighted by molar-refractivity contribution is 0.0527. The summed E-state index contributed by atoms with van der Waals surface area (Å²) in [5.41, 5.74) is 0.694. The second-order valence-corrected chi connectivity index (χ2v) is 10.8. The summed E-state index contributed by atoms with van der Waals surface area (Å²) in [6.45, 7) is 6.98. The normalized spacial score (nSPS) is 11.4. The van der Waals surface area contributed by atoms with E-state index >= 15 is 0 Å². The van der Waals surface area contributed by atoms with Crippen LogP contribution in [0.2, 0.25) is 0 Å². The Hall–Kier alpha value is -4.77. The van der Waals surface area contributed by atoms with E-state index in [4.69, 9.17) is 9.15 Å². The highest BCUT2D eigenvalue weighted by atomic mass is 16.6. The first-order valence-electron chi connectivity index (χ1n) is 13.6. The fourth-order valence-corrected chi connectivity index (χ4v) is 4.27. The summed E-state index contributed by atoms with van der Waals surface area (Å²) in [5, 5.41) is 16.6. The molecule has 0 fully saturated rings. The van der Waals surface area contributed by atoms with Crippen LogP contribution in [0.25, 0.3) is 11.0 Å². The Morgan fingerprint density at radius 1 is 0.929 bits per heavy atom. The van der Waals surface area contributed by atoms with Crippen LogP contribution in [0.1, 0.15) is 54.5 Å². The highest BCUT2D eigenvalue weighted by Gasteiger charge is 2.20. The molecule has 2 amide bonds. The van der Waals surface area contributed by atoms with Gasteiger partial charge in [-0.3, -0.25) is 19.7 Å². The van der Waals surface area contributed by atoms with Crippen molar-refractivity contribution in [2.75, 3.05) is 13.1 Å². The molecule has 3 heterocycles. The van der Waals surface area contributed by atoms with Crippen molar-refractivity contribution < 1.29 is 23.8 Å². The lowest BCUT2D eigenvalue weighted by atomic mass is 10.1. The van der Waals surface area contributed by atoms with Gasteiger partial charge in [-0.25, -0.2) is 9.59 Å². The Labute approximate surface area is 243 Å². The molecule has 0 aliphatic heterocycles. The molecule has 0 saturated heterocycles. The SMILES string of the molecule is CC(C)(C)OC(=O)NCCCNC(=O)c1cc2ccc(O)c(CN(Cc3ccccn3)Cc3ccccn3)c2oc1=O. The minimum absolute atomic E-state index is 0.0348. The van der Waals surface area contributed by atoms with E-state index in [0.29, 0.717) is 30.5 Å². The molecule has 11 nitrogen and oxygen atoms in total. The van der Waals surface area contributed by atoms with Gasteiger partial charge >= 0.3 is 11.7 Å². The first kappa shape index (κ1) is 30.2. The van der Waals surface area contributed by atoms with Crippen molar-refractivity contribution in [3.05, 3.63) is 99.9 Å². The van der Waals surface area contributed by atoms with Crippen LogP contribution >= 0.6 is 0 Å². The summed E-state index contributed by atoms with van der Waals surface area (Å²) in [4.78, 5) is 48.3. The van der Waals surface area contributed by atoms with Gasteiger partial charge in [-0.05, 0) is 69.7 Å². The predicted octanol–water partition coefficient (Wildman–Crippen LogP) is 4.14. The molecular weight excluding hydrogens is 538 g/mol. The Balaban J connectivity index is 1.48. The standard InChI is InChI=1S/C31H35N5O6/c1-31(2,3)42-30(40)35-16-8-15-34-28(38)24-17-21-11-12-26(37)25(27(21)41-29(24)39)20-36(18-22-9-4-6-13-32-22)19-23-10-5-7-14-33-23/h4-7,9-14,17,37H,8,15-16,18-20H2,1-3H3,(H,34,38)(H,35,40). The summed E-state index contributed by atoms with van der Waals surface area (Å²) in [6.07, 6.45) is 3.32. The number of amides is 2. The number of hydrogen-bond acceptors (Lipinski definition) is 9. The molecule has 0 radical (unpaired) electrons. The number of rotatable bonds is 11. The van der Waals surface area contributed by atoms with Crippen LogP contribution in [0.5, 0.6) is 5.75 Å². The van der Waals surface area contributed by atoms with Gasteiger partial charge in [0.05, 0.1) is 17.0 Å². The van der Waals surface area contributed by atoms with Crippen molar-refractivity contribution in [3.8, 4) is 5.75 Å². The number of hydrogen-bond donors (Lipinski definition) is 3. The van der Waals surface area contributed by atoms with Gasteiger partial charge in [-0.1, -0.05) is 12.1 Å². The van der Waals surface area contributed by atoms with Crippen molar-refractivity contribution in [1.82, 2.24) is 25.5 Å². The number of nitrogens with zero attached hydrogens (tertiary/aromatic N) is 3. The van der Waals surface area contributed by atoms with E-state index in [2.05, 4.69) is 20.6 Å². The van der Waals surface area contributed by atoms with E-state index in [1.54, 1.807) is 39.2 Å². The van der Waals surface area contributed by atoms with Gasteiger partial charge < -0.3 is 24.9 Å². The summed E-state index contributed by atoms with van der Waals surface area (Å²) in [7, 11) is 0. The largest absolute Gasteiger partial charge is 0.507 e. The molecule has 11 heteroatoms. The van der Waals surface area contributed by atoms with Crippen LogP contribution in [0.3, 0.4) is 0 Å². The first-order chi connectivity index (χ1) is 20.1. The van der Waals surface area contributed by atoms with Crippen LogP contribution in [0, 0.1) is 0 Å². The number of pyridine rings is 2. The van der Waals surface area contributed by atoms with E-state index in [0.717, 1.165) is 11.4 Å². The van der Waals surface area contributed by atoms with Crippen molar-refractivity contribution in [3.63, 3.8) is 0 Å². The molecule has 4 rings (SSSR count). The number of phenols is 1. The molecule has 0 spiro atoms. The molecule has 1 aromatic carbocycles. The maximum atomic E-state index is 12.9. The molecule has 42 heavy (non-hydrogen) atoms. The molecule has 4 aromatic rings. The number of alkyl carbamates (subject to hydrolysis) is 1. The second kappa shape index (κ2) is 13.7. The zero-order valence-corrected chi connectivity index (χ0v) is 23.9. The van der Waals surface area contributed by atoms with Gasteiger partial charge in [0.15, 0.2) is 0 Å². The highest BCUT2D eigenvalue weighted by Crippen LogP contribution is 2.29. The van der Waals surface area contributed by atoms with Crippen LogP contribution in [0.4, 0.5) is 4.79 Å². The number of nitrogens with one attached hydrogen (secondary N) is 2. The molecular formula is C31H35N5O6. The lowest BCUT2D eigenvalue weighted by Gasteiger charge is -2.22. The zero-order chi connectivity index (χ0) is 30.1. The fraction of sp³-hybridized carbons (Fsp3) is 0.323. The van der Waals surface area contributed by atoms with Gasteiger partial charge in [0.25, 0.3) is 5.91 Å². The van der Waals surface area contributed by atoms with E-state index in [1.165, 1.54) is 12.1 Å². The zero-order valence-electron chi connectivity index (χ0n) is 23.9. The van der Waals surface area contributed by atoms with Gasteiger partial charge in [-0.2, -0.15) is 0 Å². The van der Waals surface area contributed by atoms with Crippen LogP contribution in [0.15, 0.2) is 76.2 Å². The molecule has 0 unspecified atom stereocenters. The number of aromatic hydroxyl groups is 1.